The molecule has 0 N–H and O–H groups in total. The smallest absolute Gasteiger partial charge is 0.306 e. The first-order chi connectivity index (χ1) is 28.5. The molecule has 0 aromatic rings. The van der Waals surface area contributed by atoms with E-state index >= 15 is 0 Å². The molecule has 340 valence electrons. The maximum Gasteiger partial charge on any atom is 0.306 e. The van der Waals surface area contributed by atoms with Crippen molar-refractivity contribution in [1.29, 1.82) is 0 Å². The molecule has 6 heteroatoms. The molecule has 0 aromatic heterocycles. The monoisotopic (exact) mass is 817 g/mol. The van der Waals surface area contributed by atoms with Gasteiger partial charge in [-0.05, 0) is 51.4 Å². The van der Waals surface area contributed by atoms with Gasteiger partial charge in [-0.15, -0.1) is 0 Å². The van der Waals surface area contributed by atoms with Crippen LogP contribution in [-0.4, -0.2) is 37.2 Å². The van der Waals surface area contributed by atoms with Crippen molar-refractivity contribution in [2.45, 2.75) is 277 Å². The van der Waals surface area contributed by atoms with Gasteiger partial charge in [-0.1, -0.05) is 225 Å². The van der Waals surface area contributed by atoms with E-state index in [0.29, 0.717) is 19.3 Å². The molecule has 0 bridgehead atoms. The Bertz CT molecular complexity index is 942. The average Bonchev–Trinajstić information content (AvgIpc) is 3.22. The van der Waals surface area contributed by atoms with Crippen LogP contribution < -0.4 is 0 Å². The largest absolute Gasteiger partial charge is 0.462 e. The van der Waals surface area contributed by atoms with Crippen LogP contribution in [0.25, 0.3) is 0 Å². The summed E-state index contributed by atoms with van der Waals surface area (Å²) in [5.74, 6) is -0.871. The lowest BCUT2D eigenvalue weighted by Gasteiger charge is -2.18. The second-order valence-corrected chi connectivity index (χ2v) is 17.1. The summed E-state index contributed by atoms with van der Waals surface area (Å²) in [4.78, 5) is 37.7. The molecule has 0 saturated carbocycles. The molecular formula is C52H96O6. The standard InChI is InChI=1S/C52H96O6/c1-4-7-10-13-16-18-20-22-24-25-26-27-29-30-32-34-36-39-42-45-51(54)57-48-49(47-56-50(53)44-41-38-15-12-9-6-3)58-52(55)46-43-40-37-35-33-31-28-23-21-19-17-14-11-8-5-2/h16,18,22,24,49H,4-15,17,19-21,23,25-48H2,1-3H3/b18-16-,24-22-. The van der Waals surface area contributed by atoms with Crippen molar-refractivity contribution in [3.05, 3.63) is 24.3 Å². The highest BCUT2D eigenvalue weighted by Gasteiger charge is 2.19. The first-order valence-electron chi connectivity index (χ1n) is 25.3. The Hall–Kier alpha value is -2.11. The second-order valence-electron chi connectivity index (χ2n) is 17.1. The van der Waals surface area contributed by atoms with Crippen molar-refractivity contribution in [2.75, 3.05) is 13.2 Å². The van der Waals surface area contributed by atoms with Gasteiger partial charge in [-0.2, -0.15) is 0 Å². The molecule has 6 nitrogen and oxygen atoms in total. The summed E-state index contributed by atoms with van der Waals surface area (Å²) in [7, 11) is 0. The summed E-state index contributed by atoms with van der Waals surface area (Å²) in [5.41, 5.74) is 0. The van der Waals surface area contributed by atoms with Crippen LogP contribution in [0.4, 0.5) is 0 Å². The Morgan fingerprint density at radius 2 is 0.621 bits per heavy atom. The molecule has 0 aliphatic rings. The first-order valence-corrected chi connectivity index (χ1v) is 25.3. The topological polar surface area (TPSA) is 78.9 Å². The van der Waals surface area contributed by atoms with Gasteiger partial charge in [0.05, 0.1) is 0 Å². The molecule has 0 saturated heterocycles. The summed E-state index contributed by atoms with van der Waals surface area (Å²) in [6.45, 7) is 6.58. The zero-order valence-electron chi connectivity index (χ0n) is 38.8. The molecule has 0 aromatic carbocycles. The van der Waals surface area contributed by atoms with Crippen LogP contribution in [0.2, 0.25) is 0 Å². The van der Waals surface area contributed by atoms with Crippen molar-refractivity contribution >= 4 is 17.9 Å². The minimum atomic E-state index is -0.764. The van der Waals surface area contributed by atoms with Gasteiger partial charge in [-0.3, -0.25) is 14.4 Å². The molecule has 0 heterocycles. The number of esters is 3. The summed E-state index contributed by atoms with van der Waals surface area (Å²) in [5, 5.41) is 0. The summed E-state index contributed by atoms with van der Waals surface area (Å²) in [6.07, 6.45) is 53.2. The third kappa shape index (κ3) is 45.0. The van der Waals surface area contributed by atoms with Crippen LogP contribution in [0, 0.1) is 0 Å². The molecular weight excluding hydrogens is 721 g/mol. The predicted molar refractivity (Wildman–Crippen MR) is 247 cm³/mol. The van der Waals surface area contributed by atoms with Gasteiger partial charge >= 0.3 is 17.9 Å². The highest BCUT2D eigenvalue weighted by Crippen LogP contribution is 2.16. The van der Waals surface area contributed by atoms with Gasteiger partial charge in [-0.25, -0.2) is 0 Å². The maximum absolute atomic E-state index is 12.7. The lowest BCUT2D eigenvalue weighted by atomic mass is 10.0. The van der Waals surface area contributed by atoms with Gasteiger partial charge < -0.3 is 14.2 Å². The van der Waals surface area contributed by atoms with E-state index in [-0.39, 0.29) is 31.1 Å². The molecule has 0 radical (unpaired) electrons. The minimum Gasteiger partial charge on any atom is -0.462 e. The molecule has 0 aliphatic carbocycles. The zero-order chi connectivity index (χ0) is 42.3. The van der Waals surface area contributed by atoms with E-state index in [1.807, 2.05) is 0 Å². The molecule has 58 heavy (non-hydrogen) atoms. The number of hydrogen-bond donors (Lipinski definition) is 0. The van der Waals surface area contributed by atoms with Crippen molar-refractivity contribution in [3.63, 3.8) is 0 Å². The number of unbranched alkanes of at least 4 members (excludes halogenated alkanes) is 31. The number of hydrogen-bond acceptors (Lipinski definition) is 6. The van der Waals surface area contributed by atoms with E-state index < -0.39 is 6.10 Å². The Labute approximate surface area is 360 Å². The number of allylic oxidation sites excluding steroid dienone is 4. The van der Waals surface area contributed by atoms with Crippen molar-refractivity contribution in [3.8, 4) is 0 Å². The molecule has 0 spiro atoms. The van der Waals surface area contributed by atoms with Gasteiger partial charge in [0.2, 0.25) is 0 Å². The summed E-state index contributed by atoms with van der Waals surface area (Å²) >= 11 is 0. The molecule has 0 fully saturated rings. The fourth-order valence-corrected chi connectivity index (χ4v) is 7.36. The van der Waals surface area contributed by atoms with Crippen LogP contribution in [0.5, 0.6) is 0 Å². The Kier molecular flexibility index (Phi) is 45.8. The lowest BCUT2D eigenvalue weighted by molar-refractivity contribution is -0.167. The van der Waals surface area contributed by atoms with Gasteiger partial charge in [0.15, 0.2) is 6.10 Å². The fraction of sp³-hybridized carbons (Fsp3) is 0.865. The minimum absolute atomic E-state index is 0.0693. The SMILES string of the molecule is CCCCC/C=C\C/C=C\CCCCCCCCCCCC(=O)OCC(COC(=O)CCCCCCCC)OC(=O)CCCCCCCCCCCCCCCCC. The normalized spacial score (nSPS) is 12.1. The fourth-order valence-electron chi connectivity index (χ4n) is 7.36. The Morgan fingerprint density at radius 1 is 0.345 bits per heavy atom. The van der Waals surface area contributed by atoms with Crippen molar-refractivity contribution in [2.24, 2.45) is 0 Å². The highest BCUT2D eigenvalue weighted by atomic mass is 16.6. The first kappa shape index (κ1) is 55.9. The average molecular weight is 817 g/mol. The van der Waals surface area contributed by atoms with E-state index in [1.165, 1.54) is 167 Å². The van der Waals surface area contributed by atoms with Gasteiger partial charge in [0, 0.05) is 19.3 Å². The van der Waals surface area contributed by atoms with Crippen molar-refractivity contribution in [1.82, 2.24) is 0 Å². The van der Waals surface area contributed by atoms with E-state index in [2.05, 4.69) is 45.1 Å². The van der Waals surface area contributed by atoms with Crippen LogP contribution >= 0.6 is 0 Å². The maximum atomic E-state index is 12.7. The van der Waals surface area contributed by atoms with E-state index in [0.717, 1.165) is 64.2 Å². The molecule has 0 rings (SSSR count). The van der Waals surface area contributed by atoms with E-state index in [4.69, 9.17) is 14.2 Å². The number of ether oxygens (including phenoxy) is 3. The van der Waals surface area contributed by atoms with Crippen molar-refractivity contribution < 1.29 is 28.6 Å². The van der Waals surface area contributed by atoms with Crippen LogP contribution in [0.15, 0.2) is 24.3 Å². The van der Waals surface area contributed by atoms with Gasteiger partial charge in [0.25, 0.3) is 0 Å². The van der Waals surface area contributed by atoms with E-state index in [1.54, 1.807) is 0 Å². The number of carbonyl (C=O) groups is 3. The molecule has 1 unspecified atom stereocenters. The third-order valence-corrected chi connectivity index (χ3v) is 11.2. The van der Waals surface area contributed by atoms with Crippen LogP contribution in [0.1, 0.15) is 271 Å². The van der Waals surface area contributed by atoms with Gasteiger partial charge in [0.1, 0.15) is 13.2 Å². The van der Waals surface area contributed by atoms with Crippen LogP contribution in [-0.2, 0) is 28.6 Å². The van der Waals surface area contributed by atoms with Crippen LogP contribution in [0.3, 0.4) is 0 Å². The summed E-state index contributed by atoms with van der Waals surface area (Å²) in [6, 6.07) is 0. The molecule has 0 aliphatic heterocycles. The lowest BCUT2D eigenvalue weighted by Crippen LogP contribution is -2.30. The summed E-state index contributed by atoms with van der Waals surface area (Å²) < 4.78 is 16.7. The molecule has 1 atom stereocenters. The second kappa shape index (κ2) is 47.6. The third-order valence-electron chi connectivity index (χ3n) is 11.2. The predicted octanol–water partition coefficient (Wildman–Crippen LogP) is 16.4. The number of rotatable bonds is 46. The number of carbonyl (C=O) groups excluding carboxylic acids is 3. The zero-order valence-corrected chi connectivity index (χ0v) is 38.8. The quantitative estimate of drug-likeness (QED) is 0.0263. The molecule has 0 amide bonds. The highest BCUT2D eigenvalue weighted by molar-refractivity contribution is 5.71. The van der Waals surface area contributed by atoms with E-state index in [9.17, 15) is 14.4 Å². The Balaban J connectivity index is 4.18. The Morgan fingerprint density at radius 3 is 0.983 bits per heavy atom.